The van der Waals surface area contributed by atoms with Crippen molar-refractivity contribution in [3.8, 4) is 0 Å². The van der Waals surface area contributed by atoms with Crippen LogP contribution in [-0.2, 0) is 19.6 Å². The summed E-state index contributed by atoms with van der Waals surface area (Å²) in [6.07, 6.45) is 0. The molecule has 0 bridgehead atoms. The molecule has 0 atom stereocenters. The lowest BCUT2D eigenvalue weighted by atomic mass is 10.1. The number of nitrogens with zero attached hydrogens (tertiary/aromatic N) is 1. The van der Waals surface area contributed by atoms with E-state index >= 15 is 0 Å². The Balaban J connectivity index is 1.67. The van der Waals surface area contributed by atoms with Gasteiger partial charge in [-0.05, 0) is 30.2 Å². The average molecular weight is 273 g/mol. The normalized spacial score (nSPS) is 13.3. The summed E-state index contributed by atoms with van der Waals surface area (Å²) in [6, 6.07) is 5.88. The third-order valence-electron chi connectivity index (χ3n) is 3.17. The molecule has 5 heteroatoms. The minimum atomic E-state index is -0.0393. The first-order valence-corrected chi connectivity index (χ1v) is 7.12. The third-order valence-corrected chi connectivity index (χ3v) is 4.13. The zero-order valence-corrected chi connectivity index (χ0v) is 11.5. The molecule has 1 aliphatic heterocycles. The van der Waals surface area contributed by atoms with Crippen molar-refractivity contribution >= 4 is 17.2 Å². The Labute approximate surface area is 115 Å². The fourth-order valence-corrected chi connectivity index (χ4v) is 2.89. The van der Waals surface area contributed by atoms with Crippen LogP contribution in [0.25, 0.3) is 0 Å². The number of rotatable bonds is 3. The number of amides is 1. The Morgan fingerprint density at radius 1 is 1.42 bits per heavy atom. The van der Waals surface area contributed by atoms with Gasteiger partial charge in [0.15, 0.2) is 0 Å². The molecule has 0 fully saturated rings. The van der Waals surface area contributed by atoms with Crippen LogP contribution in [0.3, 0.4) is 0 Å². The van der Waals surface area contributed by atoms with E-state index in [1.54, 1.807) is 11.3 Å². The van der Waals surface area contributed by atoms with E-state index in [9.17, 15) is 4.79 Å². The van der Waals surface area contributed by atoms with E-state index in [4.69, 9.17) is 0 Å². The maximum Gasteiger partial charge on any atom is 0.251 e. The molecule has 0 radical (unpaired) electrons. The number of carbonyl (C=O) groups is 1. The molecule has 2 heterocycles. The van der Waals surface area contributed by atoms with Crippen LogP contribution < -0.4 is 10.6 Å². The largest absolute Gasteiger partial charge is 0.346 e. The van der Waals surface area contributed by atoms with Crippen molar-refractivity contribution in [2.75, 3.05) is 0 Å². The third kappa shape index (κ3) is 2.67. The SMILES string of the molecule is Cc1csc(CNC(=O)c2ccc3c(c2)CNC3)n1. The van der Waals surface area contributed by atoms with Gasteiger partial charge < -0.3 is 10.6 Å². The van der Waals surface area contributed by atoms with E-state index in [2.05, 4.69) is 15.6 Å². The van der Waals surface area contributed by atoms with Crippen LogP contribution in [0, 0.1) is 6.92 Å². The van der Waals surface area contributed by atoms with E-state index < -0.39 is 0 Å². The van der Waals surface area contributed by atoms with E-state index in [1.165, 1.54) is 11.1 Å². The van der Waals surface area contributed by atoms with Gasteiger partial charge in [0, 0.05) is 29.7 Å². The topological polar surface area (TPSA) is 54.0 Å². The Bertz CT molecular complexity index is 621. The number of fused-ring (bicyclic) bond motifs is 1. The lowest BCUT2D eigenvalue weighted by molar-refractivity contribution is 0.0951. The van der Waals surface area contributed by atoms with Crippen LogP contribution in [0.15, 0.2) is 23.6 Å². The van der Waals surface area contributed by atoms with Gasteiger partial charge in [-0.1, -0.05) is 6.07 Å². The summed E-state index contributed by atoms with van der Waals surface area (Å²) < 4.78 is 0. The van der Waals surface area contributed by atoms with Gasteiger partial charge >= 0.3 is 0 Å². The van der Waals surface area contributed by atoms with Gasteiger partial charge in [-0.15, -0.1) is 11.3 Å². The fraction of sp³-hybridized carbons (Fsp3) is 0.286. The van der Waals surface area contributed by atoms with Gasteiger partial charge in [0.05, 0.1) is 6.54 Å². The lowest BCUT2D eigenvalue weighted by Crippen LogP contribution is -2.22. The zero-order valence-electron chi connectivity index (χ0n) is 10.7. The molecule has 0 saturated heterocycles. The van der Waals surface area contributed by atoms with Crippen molar-refractivity contribution in [1.82, 2.24) is 15.6 Å². The molecular weight excluding hydrogens is 258 g/mol. The standard InChI is InChI=1S/C14H15N3OS/c1-9-8-19-13(17-9)7-16-14(18)10-2-3-11-5-15-6-12(11)4-10/h2-4,8,15H,5-7H2,1H3,(H,16,18). The summed E-state index contributed by atoms with van der Waals surface area (Å²) in [6.45, 7) is 4.19. The van der Waals surface area contributed by atoms with Crippen LogP contribution in [0.2, 0.25) is 0 Å². The van der Waals surface area contributed by atoms with Crippen LogP contribution in [0.4, 0.5) is 0 Å². The van der Waals surface area contributed by atoms with E-state index in [0.717, 1.165) is 29.4 Å². The Kier molecular flexibility index (Phi) is 3.31. The first-order valence-electron chi connectivity index (χ1n) is 6.24. The minimum absolute atomic E-state index is 0.0393. The summed E-state index contributed by atoms with van der Waals surface area (Å²) in [5.41, 5.74) is 4.22. The number of hydrogen-bond acceptors (Lipinski definition) is 4. The summed E-state index contributed by atoms with van der Waals surface area (Å²) in [5.74, 6) is -0.0393. The molecule has 3 rings (SSSR count). The van der Waals surface area contributed by atoms with Crippen LogP contribution >= 0.6 is 11.3 Å². The molecule has 0 aliphatic carbocycles. The first-order chi connectivity index (χ1) is 9.22. The second-order valence-electron chi connectivity index (χ2n) is 4.65. The predicted octanol–water partition coefficient (Wildman–Crippen LogP) is 1.98. The van der Waals surface area contributed by atoms with Crippen molar-refractivity contribution < 1.29 is 4.79 Å². The summed E-state index contributed by atoms with van der Waals surface area (Å²) >= 11 is 1.57. The smallest absolute Gasteiger partial charge is 0.251 e. The van der Waals surface area contributed by atoms with Crippen molar-refractivity contribution in [1.29, 1.82) is 0 Å². The first kappa shape index (κ1) is 12.3. The van der Waals surface area contributed by atoms with Gasteiger partial charge in [0.2, 0.25) is 0 Å². The zero-order chi connectivity index (χ0) is 13.2. The van der Waals surface area contributed by atoms with Gasteiger partial charge in [-0.25, -0.2) is 4.98 Å². The molecular formula is C14H15N3OS. The second-order valence-corrected chi connectivity index (χ2v) is 5.59. The van der Waals surface area contributed by atoms with Crippen molar-refractivity contribution in [3.63, 3.8) is 0 Å². The maximum atomic E-state index is 12.1. The van der Waals surface area contributed by atoms with Gasteiger partial charge in [-0.2, -0.15) is 0 Å². The summed E-state index contributed by atoms with van der Waals surface area (Å²) in [5, 5.41) is 9.11. The van der Waals surface area contributed by atoms with Gasteiger partial charge in [0.25, 0.3) is 5.91 Å². The Morgan fingerprint density at radius 3 is 3.05 bits per heavy atom. The highest BCUT2D eigenvalue weighted by Gasteiger charge is 2.13. The molecule has 1 amide bonds. The number of aromatic nitrogens is 1. The van der Waals surface area contributed by atoms with Crippen LogP contribution in [-0.4, -0.2) is 10.9 Å². The predicted molar refractivity (Wildman–Crippen MR) is 75.0 cm³/mol. The van der Waals surface area contributed by atoms with Crippen molar-refractivity contribution in [2.45, 2.75) is 26.6 Å². The fourth-order valence-electron chi connectivity index (χ4n) is 2.18. The van der Waals surface area contributed by atoms with Crippen LogP contribution in [0.5, 0.6) is 0 Å². The number of aryl methyl sites for hydroxylation is 1. The second kappa shape index (κ2) is 5.11. The number of benzene rings is 1. The van der Waals surface area contributed by atoms with E-state index in [-0.39, 0.29) is 5.91 Å². The quantitative estimate of drug-likeness (QED) is 0.899. The Hall–Kier alpha value is -1.72. The molecule has 0 spiro atoms. The monoisotopic (exact) mass is 273 g/mol. The van der Waals surface area contributed by atoms with Crippen molar-refractivity contribution in [3.05, 3.63) is 51.0 Å². The molecule has 4 nitrogen and oxygen atoms in total. The van der Waals surface area contributed by atoms with Gasteiger partial charge in [-0.3, -0.25) is 4.79 Å². The highest BCUT2D eigenvalue weighted by molar-refractivity contribution is 7.09. The molecule has 2 N–H and O–H groups in total. The van der Waals surface area contributed by atoms with Crippen molar-refractivity contribution in [2.24, 2.45) is 0 Å². The van der Waals surface area contributed by atoms with Gasteiger partial charge in [0.1, 0.15) is 5.01 Å². The molecule has 2 aromatic rings. The molecule has 1 aromatic heterocycles. The highest BCUT2D eigenvalue weighted by atomic mass is 32.1. The molecule has 0 saturated carbocycles. The number of thiazole rings is 1. The molecule has 1 aromatic carbocycles. The maximum absolute atomic E-state index is 12.1. The van der Waals surface area contributed by atoms with E-state index in [0.29, 0.717) is 6.54 Å². The molecule has 1 aliphatic rings. The lowest BCUT2D eigenvalue weighted by Gasteiger charge is -2.05. The minimum Gasteiger partial charge on any atom is -0.346 e. The molecule has 19 heavy (non-hydrogen) atoms. The highest BCUT2D eigenvalue weighted by Crippen LogP contribution is 2.17. The number of nitrogens with one attached hydrogen (secondary N) is 2. The van der Waals surface area contributed by atoms with E-state index in [1.807, 2.05) is 30.5 Å². The van der Waals surface area contributed by atoms with Crippen LogP contribution in [0.1, 0.15) is 32.2 Å². The summed E-state index contributed by atoms with van der Waals surface area (Å²) in [4.78, 5) is 16.4. The average Bonchev–Trinajstić information content (AvgIpc) is 3.03. The molecule has 98 valence electrons. The Morgan fingerprint density at radius 2 is 2.26 bits per heavy atom. The number of hydrogen-bond donors (Lipinski definition) is 2. The summed E-state index contributed by atoms with van der Waals surface area (Å²) in [7, 11) is 0. The molecule has 0 unspecified atom stereocenters. The number of carbonyl (C=O) groups excluding carboxylic acids is 1.